The first-order valence-electron chi connectivity index (χ1n) is 6.98. The largest absolute Gasteiger partial charge is 0.282 e. The van der Waals surface area contributed by atoms with Crippen molar-refractivity contribution < 1.29 is 0 Å². The van der Waals surface area contributed by atoms with Crippen LogP contribution in [0.25, 0.3) is 28.2 Å². The zero-order valence-corrected chi connectivity index (χ0v) is 12.0. The maximum atomic E-state index is 4.31. The molecule has 0 N–H and O–H groups in total. The van der Waals surface area contributed by atoms with E-state index in [1.807, 2.05) is 22.7 Å². The van der Waals surface area contributed by atoms with Crippen molar-refractivity contribution in [2.24, 2.45) is 0 Å². The van der Waals surface area contributed by atoms with Gasteiger partial charge in [-0.3, -0.25) is 4.40 Å². The summed E-state index contributed by atoms with van der Waals surface area (Å²) in [6.07, 6.45) is 7.08. The monoisotopic (exact) mass is 287 g/mol. The first-order chi connectivity index (χ1) is 10.8. The number of benzene rings is 1. The van der Waals surface area contributed by atoms with Gasteiger partial charge in [-0.25, -0.2) is 9.97 Å². The molecule has 0 saturated heterocycles. The lowest BCUT2D eigenvalue weighted by Gasteiger charge is -2.03. The van der Waals surface area contributed by atoms with Crippen molar-refractivity contribution >= 4 is 5.65 Å². The molecule has 22 heavy (non-hydrogen) atoms. The Morgan fingerprint density at radius 1 is 0.818 bits per heavy atom. The van der Waals surface area contributed by atoms with E-state index in [0.717, 1.165) is 28.2 Å². The highest BCUT2D eigenvalue weighted by molar-refractivity contribution is 5.68. The molecule has 1 aromatic carbocycles. The second-order valence-corrected chi connectivity index (χ2v) is 5.16. The fourth-order valence-corrected chi connectivity index (χ4v) is 2.42. The van der Waals surface area contributed by atoms with Crippen molar-refractivity contribution in [1.29, 1.82) is 0 Å². The van der Waals surface area contributed by atoms with Crippen molar-refractivity contribution in [3.63, 3.8) is 0 Å². The molecule has 0 aliphatic carbocycles. The lowest BCUT2D eigenvalue weighted by atomic mass is 10.1. The fourth-order valence-electron chi connectivity index (χ4n) is 2.42. The molecule has 4 aromatic rings. The van der Waals surface area contributed by atoms with Gasteiger partial charge in [0.25, 0.3) is 0 Å². The molecule has 0 fully saturated rings. The van der Waals surface area contributed by atoms with E-state index in [1.165, 1.54) is 11.9 Å². The van der Waals surface area contributed by atoms with Crippen LogP contribution in [0.1, 0.15) is 5.56 Å². The third-order valence-corrected chi connectivity index (χ3v) is 3.61. The van der Waals surface area contributed by atoms with E-state index in [4.69, 9.17) is 0 Å². The van der Waals surface area contributed by atoms with E-state index in [-0.39, 0.29) is 0 Å². The van der Waals surface area contributed by atoms with Crippen LogP contribution in [0.3, 0.4) is 0 Å². The molecule has 0 saturated carbocycles. The van der Waals surface area contributed by atoms with E-state index < -0.39 is 0 Å². The number of aryl methyl sites for hydroxylation is 1. The van der Waals surface area contributed by atoms with Crippen LogP contribution in [0.15, 0.2) is 61.3 Å². The van der Waals surface area contributed by atoms with E-state index in [0.29, 0.717) is 0 Å². The molecule has 0 spiro atoms. The summed E-state index contributed by atoms with van der Waals surface area (Å²) in [6, 6.07) is 12.3. The van der Waals surface area contributed by atoms with Crippen LogP contribution >= 0.6 is 0 Å². The molecule has 0 atom stereocenters. The van der Waals surface area contributed by atoms with Crippen molar-refractivity contribution in [2.75, 3.05) is 0 Å². The Balaban J connectivity index is 1.82. The Morgan fingerprint density at radius 3 is 2.36 bits per heavy atom. The summed E-state index contributed by atoms with van der Waals surface area (Å²) < 4.78 is 1.98. The smallest absolute Gasteiger partial charge is 0.168 e. The van der Waals surface area contributed by atoms with Gasteiger partial charge in [0.15, 0.2) is 11.5 Å². The average molecular weight is 287 g/mol. The molecule has 0 aliphatic rings. The van der Waals surface area contributed by atoms with Crippen LogP contribution in [0.4, 0.5) is 0 Å². The van der Waals surface area contributed by atoms with Crippen LogP contribution in [0.5, 0.6) is 0 Å². The van der Waals surface area contributed by atoms with E-state index in [9.17, 15) is 0 Å². The zero-order chi connectivity index (χ0) is 14.9. The van der Waals surface area contributed by atoms with Gasteiger partial charge < -0.3 is 0 Å². The zero-order valence-electron chi connectivity index (χ0n) is 12.0. The van der Waals surface area contributed by atoms with Crippen LogP contribution in [0.2, 0.25) is 0 Å². The summed E-state index contributed by atoms with van der Waals surface area (Å²) in [7, 11) is 0. The molecule has 106 valence electrons. The van der Waals surface area contributed by atoms with Gasteiger partial charge in [-0.1, -0.05) is 29.8 Å². The van der Waals surface area contributed by atoms with Crippen molar-refractivity contribution in [1.82, 2.24) is 24.6 Å². The number of hydrogen-bond acceptors (Lipinski definition) is 4. The molecule has 0 unspecified atom stereocenters. The Labute approximate surface area is 127 Å². The minimum atomic E-state index is 0.803. The van der Waals surface area contributed by atoms with Gasteiger partial charge in [-0.05, 0) is 24.6 Å². The van der Waals surface area contributed by atoms with Crippen LogP contribution in [0, 0.1) is 6.92 Å². The Morgan fingerprint density at radius 2 is 1.59 bits per heavy atom. The molecule has 0 radical (unpaired) electrons. The predicted molar refractivity (Wildman–Crippen MR) is 84.2 cm³/mol. The normalized spacial score (nSPS) is 11.0. The number of rotatable bonds is 2. The Bertz CT molecular complexity index is 926. The maximum Gasteiger partial charge on any atom is 0.168 e. The minimum absolute atomic E-state index is 0.803. The lowest BCUT2D eigenvalue weighted by Crippen LogP contribution is -1.90. The van der Waals surface area contributed by atoms with E-state index >= 15 is 0 Å². The second kappa shape index (κ2) is 5.04. The molecule has 3 heterocycles. The fraction of sp³-hybridized carbons (Fsp3) is 0.0588. The molecule has 5 nitrogen and oxygen atoms in total. The van der Waals surface area contributed by atoms with E-state index in [2.05, 4.69) is 51.4 Å². The molecule has 0 bridgehead atoms. The number of pyridine rings is 1. The third kappa shape index (κ3) is 2.13. The van der Waals surface area contributed by atoms with Crippen LogP contribution in [-0.4, -0.2) is 24.6 Å². The van der Waals surface area contributed by atoms with Crippen molar-refractivity contribution in [3.8, 4) is 22.5 Å². The number of fused-ring (bicyclic) bond motifs is 1. The van der Waals surface area contributed by atoms with Gasteiger partial charge in [0, 0.05) is 29.7 Å². The quantitative estimate of drug-likeness (QED) is 0.568. The Kier molecular flexibility index (Phi) is 2.89. The van der Waals surface area contributed by atoms with E-state index in [1.54, 1.807) is 12.4 Å². The molecule has 4 rings (SSSR count). The molecule has 0 aliphatic heterocycles. The third-order valence-electron chi connectivity index (χ3n) is 3.61. The van der Waals surface area contributed by atoms with Crippen molar-refractivity contribution in [2.45, 2.75) is 6.92 Å². The molecular weight excluding hydrogens is 274 g/mol. The van der Waals surface area contributed by atoms with Gasteiger partial charge >= 0.3 is 0 Å². The van der Waals surface area contributed by atoms with Crippen LogP contribution in [-0.2, 0) is 0 Å². The van der Waals surface area contributed by atoms with Gasteiger partial charge in [0.05, 0.1) is 0 Å². The summed E-state index contributed by atoms with van der Waals surface area (Å²) in [4.78, 5) is 8.10. The SMILES string of the molecule is Cc1ccc(-c2nnc3cc(-c4cncnc4)ccn23)cc1. The molecule has 3 aromatic heterocycles. The molecular formula is C17H13N5. The standard InChI is InChI=1S/C17H13N5/c1-12-2-4-13(5-3-12)17-21-20-16-8-14(6-7-22(16)17)15-9-18-11-19-10-15/h2-11H,1H3. The number of aromatic nitrogens is 5. The predicted octanol–water partition coefficient (Wildman–Crippen LogP) is 3.16. The topological polar surface area (TPSA) is 56.0 Å². The number of nitrogens with zero attached hydrogens (tertiary/aromatic N) is 5. The van der Waals surface area contributed by atoms with Gasteiger partial charge in [-0.15, -0.1) is 10.2 Å². The maximum absolute atomic E-state index is 4.31. The summed E-state index contributed by atoms with van der Waals surface area (Å²) in [5, 5.41) is 8.59. The summed E-state index contributed by atoms with van der Waals surface area (Å²) >= 11 is 0. The minimum Gasteiger partial charge on any atom is -0.282 e. The highest BCUT2D eigenvalue weighted by Crippen LogP contribution is 2.23. The summed E-state index contributed by atoms with van der Waals surface area (Å²) in [5.41, 5.74) is 5.07. The average Bonchev–Trinajstić information content (AvgIpc) is 2.99. The first kappa shape index (κ1) is 12.6. The highest BCUT2D eigenvalue weighted by atomic mass is 15.2. The van der Waals surface area contributed by atoms with Crippen LogP contribution < -0.4 is 0 Å². The highest BCUT2D eigenvalue weighted by Gasteiger charge is 2.09. The first-order valence-corrected chi connectivity index (χ1v) is 6.98. The molecule has 0 amide bonds. The molecule has 5 heteroatoms. The summed E-state index contributed by atoms with van der Waals surface area (Å²) in [6.45, 7) is 2.07. The Hall–Kier alpha value is -3.08. The lowest BCUT2D eigenvalue weighted by molar-refractivity contribution is 1.11. The van der Waals surface area contributed by atoms with Gasteiger partial charge in [0.2, 0.25) is 0 Å². The van der Waals surface area contributed by atoms with Gasteiger partial charge in [-0.2, -0.15) is 0 Å². The second-order valence-electron chi connectivity index (χ2n) is 5.16. The number of hydrogen-bond donors (Lipinski definition) is 0. The van der Waals surface area contributed by atoms with Crippen molar-refractivity contribution in [3.05, 3.63) is 66.9 Å². The summed E-state index contributed by atoms with van der Waals surface area (Å²) in [5.74, 6) is 0.839. The van der Waals surface area contributed by atoms with Gasteiger partial charge in [0.1, 0.15) is 6.33 Å².